The monoisotopic (exact) mass is 335 g/mol. The van der Waals surface area contributed by atoms with Crippen LogP contribution >= 0.6 is 0 Å². The number of phenols is 2. The summed E-state index contributed by atoms with van der Waals surface area (Å²) in [6.07, 6.45) is 0.422. The van der Waals surface area contributed by atoms with E-state index in [0.717, 1.165) is 5.56 Å². The summed E-state index contributed by atoms with van der Waals surface area (Å²) in [4.78, 5) is 8.84. The van der Waals surface area contributed by atoms with Gasteiger partial charge in [0.2, 0.25) is 11.3 Å². The first kappa shape index (κ1) is 14.9. The van der Waals surface area contributed by atoms with Gasteiger partial charge in [0, 0.05) is 18.2 Å². The molecule has 8 heteroatoms. The molecule has 0 saturated heterocycles. The van der Waals surface area contributed by atoms with Gasteiger partial charge in [-0.15, -0.1) is 0 Å². The molecule has 2 aromatic carbocycles. The van der Waals surface area contributed by atoms with Crippen LogP contribution in [0.25, 0.3) is 11.3 Å². The topological polar surface area (TPSA) is 117 Å². The van der Waals surface area contributed by atoms with Crippen molar-refractivity contribution < 1.29 is 14.8 Å². The van der Waals surface area contributed by atoms with Gasteiger partial charge in [-0.3, -0.25) is 0 Å². The molecule has 2 heterocycles. The Morgan fingerprint density at radius 1 is 0.880 bits per heavy atom. The van der Waals surface area contributed by atoms with Crippen molar-refractivity contribution in [1.29, 1.82) is 0 Å². The zero-order valence-corrected chi connectivity index (χ0v) is 12.9. The van der Waals surface area contributed by atoms with Gasteiger partial charge in [-0.1, -0.05) is 18.2 Å². The van der Waals surface area contributed by atoms with Crippen LogP contribution in [0, 0.1) is 0 Å². The molecule has 0 aliphatic heterocycles. The molecule has 8 nitrogen and oxygen atoms in total. The SMILES string of the molecule is Oc1cccc(Cc2nc3nonc3nc2Nc2cccc(O)c2)c1. The van der Waals surface area contributed by atoms with E-state index < -0.39 is 0 Å². The highest BCUT2D eigenvalue weighted by atomic mass is 16.6. The molecule has 0 fully saturated rings. The van der Waals surface area contributed by atoms with Crippen LogP contribution < -0.4 is 5.32 Å². The first-order valence-electron chi connectivity index (χ1n) is 7.50. The number of anilines is 2. The smallest absolute Gasteiger partial charge is 0.245 e. The number of nitrogens with zero attached hydrogens (tertiary/aromatic N) is 4. The number of fused-ring (bicyclic) bond motifs is 1. The van der Waals surface area contributed by atoms with Gasteiger partial charge < -0.3 is 15.5 Å². The standard InChI is InChI=1S/C17H13N5O3/c23-12-5-1-3-10(7-12)8-14-15(18-11-4-2-6-13(24)9-11)20-17-16(19-14)21-25-22-17/h1-7,9,23-24H,8H2,(H,18,20,22). The van der Waals surface area contributed by atoms with Crippen LogP contribution in [0.4, 0.5) is 11.5 Å². The highest BCUT2D eigenvalue weighted by molar-refractivity contribution is 5.70. The molecule has 4 rings (SSSR count). The number of hydrogen-bond acceptors (Lipinski definition) is 8. The Balaban J connectivity index is 1.75. The molecule has 0 spiro atoms. The summed E-state index contributed by atoms with van der Waals surface area (Å²) in [6.45, 7) is 0. The van der Waals surface area contributed by atoms with Crippen molar-refractivity contribution in [2.75, 3.05) is 5.32 Å². The van der Waals surface area contributed by atoms with Crippen molar-refractivity contribution in [3.8, 4) is 11.5 Å². The summed E-state index contributed by atoms with van der Waals surface area (Å²) >= 11 is 0. The number of nitrogens with one attached hydrogen (secondary N) is 1. The second-order valence-corrected chi connectivity index (χ2v) is 5.45. The van der Waals surface area contributed by atoms with E-state index >= 15 is 0 Å². The van der Waals surface area contributed by atoms with Gasteiger partial charge >= 0.3 is 0 Å². The van der Waals surface area contributed by atoms with Crippen LogP contribution in [0.15, 0.2) is 53.2 Å². The largest absolute Gasteiger partial charge is 0.508 e. The van der Waals surface area contributed by atoms with Crippen LogP contribution in [-0.4, -0.2) is 30.5 Å². The second-order valence-electron chi connectivity index (χ2n) is 5.45. The Morgan fingerprint density at radius 3 is 2.36 bits per heavy atom. The maximum absolute atomic E-state index is 9.65. The third-order valence-electron chi connectivity index (χ3n) is 3.58. The predicted octanol–water partition coefficient (Wildman–Crippen LogP) is 2.76. The van der Waals surface area contributed by atoms with Crippen LogP contribution in [0.5, 0.6) is 11.5 Å². The molecule has 0 amide bonds. The lowest BCUT2D eigenvalue weighted by Gasteiger charge is -2.10. The summed E-state index contributed by atoms with van der Waals surface area (Å²) in [5.41, 5.74) is 2.71. The number of aromatic hydroxyl groups is 2. The quantitative estimate of drug-likeness (QED) is 0.521. The van der Waals surface area contributed by atoms with Crippen molar-refractivity contribution >= 4 is 22.8 Å². The van der Waals surface area contributed by atoms with E-state index in [4.69, 9.17) is 0 Å². The Bertz CT molecular complexity index is 966. The van der Waals surface area contributed by atoms with Crippen molar-refractivity contribution in [3.05, 3.63) is 59.8 Å². The lowest BCUT2D eigenvalue weighted by Crippen LogP contribution is -2.04. The van der Waals surface area contributed by atoms with Crippen LogP contribution in [0.1, 0.15) is 11.3 Å². The van der Waals surface area contributed by atoms with E-state index in [2.05, 4.69) is 30.2 Å². The van der Waals surface area contributed by atoms with Gasteiger partial charge in [0.1, 0.15) is 11.5 Å². The fourth-order valence-corrected chi connectivity index (χ4v) is 2.47. The maximum Gasteiger partial charge on any atom is 0.245 e. The molecule has 0 aliphatic carbocycles. The Morgan fingerprint density at radius 2 is 1.60 bits per heavy atom. The molecular weight excluding hydrogens is 322 g/mol. The summed E-state index contributed by atoms with van der Waals surface area (Å²) in [7, 11) is 0. The van der Waals surface area contributed by atoms with Gasteiger partial charge in [-0.05, 0) is 40.1 Å². The van der Waals surface area contributed by atoms with E-state index in [1.807, 2.05) is 6.07 Å². The number of hydrogen-bond donors (Lipinski definition) is 3. The number of benzene rings is 2. The Kier molecular flexibility index (Phi) is 3.62. The molecular formula is C17H13N5O3. The molecule has 3 N–H and O–H groups in total. The molecule has 4 aromatic rings. The second kappa shape index (κ2) is 6.08. The molecule has 2 aromatic heterocycles. The van der Waals surface area contributed by atoms with Crippen LogP contribution in [0.3, 0.4) is 0 Å². The highest BCUT2D eigenvalue weighted by Gasteiger charge is 2.14. The molecule has 124 valence electrons. The molecule has 0 saturated carbocycles. The molecule has 0 bridgehead atoms. The van der Waals surface area contributed by atoms with E-state index in [1.165, 1.54) is 0 Å². The molecule has 0 aliphatic rings. The van der Waals surface area contributed by atoms with Crippen molar-refractivity contribution in [3.63, 3.8) is 0 Å². The van der Waals surface area contributed by atoms with Gasteiger partial charge in [-0.2, -0.15) is 0 Å². The average Bonchev–Trinajstić information content (AvgIpc) is 3.02. The Hall–Kier alpha value is -3.68. The van der Waals surface area contributed by atoms with Crippen molar-refractivity contribution in [2.45, 2.75) is 6.42 Å². The van der Waals surface area contributed by atoms with Crippen LogP contribution in [0.2, 0.25) is 0 Å². The van der Waals surface area contributed by atoms with E-state index in [9.17, 15) is 10.2 Å². The van der Waals surface area contributed by atoms with Crippen LogP contribution in [-0.2, 0) is 6.42 Å². The van der Waals surface area contributed by atoms with E-state index in [1.54, 1.807) is 42.5 Å². The van der Waals surface area contributed by atoms with Crippen molar-refractivity contribution in [2.24, 2.45) is 0 Å². The van der Waals surface area contributed by atoms with Gasteiger partial charge in [0.25, 0.3) is 0 Å². The zero-order chi connectivity index (χ0) is 17.2. The number of aromatic nitrogens is 4. The first-order valence-corrected chi connectivity index (χ1v) is 7.50. The van der Waals surface area contributed by atoms with Crippen molar-refractivity contribution in [1.82, 2.24) is 20.3 Å². The molecule has 0 radical (unpaired) electrons. The first-order chi connectivity index (χ1) is 12.2. The minimum Gasteiger partial charge on any atom is -0.508 e. The fraction of sp³-hybridized carbons (Fsp3) is 0.0588. The minimum atomic E-state index is 0.136. The minimum absolute atomic E-state index is 0.136. The Labute approximate surface area is 141 Å². The lowest BCUT2D eigenvalue weighted by molar-refractivity contribution is 0.314. The average molecular weight is 335 g/mol. The predicted molar refractivity (Wildman–Crippen MR) is 89.7 cm³/mol. The third kappa shape index (κ3) is 3.18. The highest BCUT2D eigenvalue weighted by Crippen LogP contribution is 2.25. The van der Waals surface area contributed by atoms with Gasteiger partial charge in [0.15, 0.2) is 5.82 Å². The zero-order valence-electron chi connectivity index (χ0n) is 12.9. The third-order valence-corrected chi connectivity index (χ3v) is 3.58. The van der Waals surface area contributed by atoms with E-state index in [-0.39, 0.29) is 17.1 Å². The number of phenolic OH excluding ortho intramolecular Hbond substituents is 2. The normalized spacial score (nSPS) is 10.9. The van der Waals surface area contributed by atoms with Gasteiger partial charge in [0.05, 0.1) is 5.69 Å². The van der Waals surface area contributed by atoms with E-state index in [0.29, 0.717) is 29.3 Å². The van der Waals surface area contributed by atoms with Gasteiger partial charge in [-0.25, -0.2) is 14.6 Å². The summed E-state index contributed by atoms with van der Waals surface area (Å²) in [6, 6.07) is 13.6. The molecule has 0 unspecified atom stereocenters. The fourth-order valence-electron chi connectivity index (χ4n) is 2.47. The molecule has 0 atom stereocenters. The number of rotatable bonds is 4. The maximum atomic E-state index is 9.65. The lowest BCUT2D eigenvalue weighted by atomic mass is 10.1. The summed E-state index contributed by atoms with van der Waals surface area (Å²) in [5, 5.41) is 29.8. The molecule has 25 heavy (non-hydrogen) atoms. The summed E-state index contributed by atoms with van der Waals surface area (Å²) in [5.74, 6) is 0.783. The summed E-state index contributed by atoms with van der Waals surface area (Å²) < 4.78 is 4.68.